The maximum atomic E-state index is 10.5. The lowest BCUT2D eigenvalue weighted by molar-refractivity contribution is 0.486. The van der Waals surface area contributed by atoms with Gasteiger partial charge in [-0.25, -0.2) is 4.98 Å². The van der Waals surface area contributed by atoms with Crippen LogP contribution < -0.4 is 9.32 Å². The van der Waals surface area contributed by atoms with Crippen LogP contribution in [0.3, 0.4) is 0 Å². The lowest BCUT2D eigenvalue weighted by atomic mass is 10.5. The molecule has 0 bridgehead atoms. The number of hydrogen-bond donors (Lipinski definition) is 1. The summed E-state index contributed by atoms with van der Waals surface area (Å²) in [6.45, 7) is 0. The fourth-order valence-electron chi connectivity index (χ4n) is 0.585. The highest BCUT2D eigenvalue weighted by molar-refractivity contribution is 9.10. The molecule has 0 saturated heterocycles. The zero-order valence-electron chi connectivity index (χ0n) is 6.07. The quantitative estimate of drug-likeness (QED) is 0.825. The van der Waals surface area contributed by atoms with Crippen LogP contribution in [0.15, 0.2) is 16.7 Å². The van der Waals surface area contributed by atoms with E-state index in [2.05, 4.69) is 30.2 Å². The van der Waals surface area contributed by atoms with Crippen LogP contribution in [0.4, 0.5) is 0 Å². The zero-order chi connectivity index (χ0) is 10.1. The van der Waals surface area contributed by atoms with E-state index in [1.54, 1.807) is 0 Å². The molecule has 0 aliphatic rings. The molecule has 0 radical (unpaired) electrons. The normalized spacial score (nSPS) is 11.3. The van der Waals surface area contributed by atoms with Gasteiger partial charge in [0, 0.05) is 12.3 Å². The van der Waals surface area contributed by atoms with Crippen LogP contribution in [-0.4, -0.2) is 13.4 Å². The molecule has 1 aromatic rings. The van der Waals surface area contributed by atoms with Crippen LogP contribution in [0, 0.1) is 0 Å². The summed E-state index contributed by atoms with van der Waals surface area (Å²) in [5.74, 6) is 0.00231. The van der Waals surface area contributed by atoms with Crippen molar-refractivity contribution in [1.29, 1.82) is 0 Å². The molecule has 0 atom stereocenters. The molecule has 13 heavy (non-hydrogen) atoms. The predicted molar refractivity (Wildman–Crippen MR) is 50.7 cm³/mol. The molecule has 5 nitrogen and oxygen atoms in total. The Labute approximate surface area is 88.2 Å². The Morgan fingerprint density at radius 2 is 2.23 bits per heavy atom. The first-order chi connectivity index (χ1) is 5.88. The molecule has 0 unspecified atom stereocenters. The lowest BCUT2D eigenvalue weighted by Crippen LogP contribution is -2.19. The van der Waals surface area contributed by atoms with E-state index in [1.807, 2.05) is 0 Å². The van der Waals surface area contributed by atoms with Gasteiger partial charge >= 0.3 is 10.3 Å². The fourth-order valence-corrected chi connectivity index (χ4v) is 1.53. The van der Waals surface area contributed by atoms with Gasteiger partial charge in [-0.15, -0.1) is 0 Å². The van der Waals surface area contributed by atoms with Crippen LogP contribution in [-0.2, 0) is 10.3 Å². The second-order valence-corrected chi connectivity index (χ2v) is 4.41. The number of nitrogens with two attached hydrogens (primary N) is 1. The maximum absolute atomic E-state index is 10.5. The van der Waals surface area contributed by atoms with Crippen molar-refractivity contribution in [3.63, 3.8) is 0 Å². The molecule has 2 N–H and O–H groups in total. The Morgan fingerprint density at radius 1 is 1.62 bits per heavy atom. The van der Waals surface area contributed by atoms with Crippen LogP contribution in [0.1, 0.15) is 0 Å². The van der Waals surface area contributed by atoms with Gasteiger partial charge in [0.25, 0.3) is 0 Å². The van der Waals surface area contributed by atoms with Crippen molar-refractivity contribution in [2.45, 2.75) is 0 Å². The Hall–Kier alpha value is -0.370. The van der Waals surface area contributed by atoms with Gasteiger partial charge in [0.15, 0.2) is 5.75 Å². The van der Waals surface area contributed by atoms with E-state index >= 15 is 0 Å². The summed E-state index contributed by atoms with van der Waals surface area (Å²) in [4.78, 5) is 3.67. The Kier molecular flexibility index (Phi) is 3.12. The monoisotopic (exact) mass is 286 g/mol. The third kappa shape index (κ3) is 3.47. The number of nitrogens with zero attached hydrogens (tertiary/aromatic N) is 1. The Balaban J connectivity index is 3.08. The van der Waals surface area contributed by atoms with Gasteiger partial charge in [-0.05, 0) is 15.9 Å². The van der Waals surface area contributed by atoms with Gasteiger partial charge in [0.05, 0.1) is 4.47 Å². The smallest absolute Gasteiger partial charge is 0.370 e. The number of rotatable bonds is 2. The SMILES string of the molecule is NS(=O)(=O)Oc1cc(Cl)ncc1Br. The molecule has 0 aliphatic heterocycles. The van der Waals surface area contributed by atoms with E-state index in [0.717, 1.165) is 0 Å². The molecule has 1 rings (SSSR count). The van der Waals surface area contributed by atoms with E-state index < -0.39 is 10.3 Å². The van der Waals surface area contributed by atoms with Crippen molar-refractivity contribution in [1.82, 2.24) is 4.98 Å². The van der Waals surface area contributed by atoms with E-state index in [0.29, 0.717) is 4.47 Å². The largest absolute Gasteiger partial charge is 0.380 e. The summed E-state index contributed by atoms with van der Waals surface area (Å²) >= 11 is 8.52. The van der Waals surface area contributed by atoms with Gasteiger partial charge in [-0.3, -0.25) is 0 Å². The van der Waals surface area contributed by atoms with Gasteiger partial charge in [-0.1, -0.05) is 11.6 Å². The number of aromatic nitrogens is 1. The first-order valence-corrected chi connectivity index (χ1v) is 5.56. The van der Waals surface area contributed by atoms with Crippen LogP contribution in [0.25, 0.3) is 0 Å². The van der Waals surface area contributed by atoms with Gasteiger partial charge in [-0.2, -0.15) is 13.6 Å². The lowest BCUT2D eigenvalue weighted by Gasteiger charge is -2.03. The minimum absolute atomic E-state index is 0.00231. The number of pyridine rings is 1. The molecule has 72 valence electrons. The predicted octanol–water partition coefficient (Wildman–Crippen LogP) is 1.08. The third-order valence-corrected chi connectivity index (χ3v) is 2.21. The summed E-state index contributed by atoms with van der Waals surface area (Å²) in [5.41, 5.74) is 0. The van der Waals surface area contributed by atoms with E-state index in [-0.39, 0.29) is 10.9 Å². The Bertz CT molecular complexity index is 422. The summed E-state index contributed by atoms with van der Waals surface area (Å²) in [6.07, 6.45) is 1.31. The van der Waals surface area contributed by atoms with Gasteiger partial charge in [0.1, 0.15) is 5.15 Å². The number of halogens is 2. The molecule has 0 spiro atoms. The molecule has 8 heteroatoms. The highest BCUT2D eigenvalue weighted by Crippen LogP contribution is 2.26. The fraction of sp³-hybridized carbons (Fsp3) is 0. The summed E-state index contributed by atoms with van der Waals surface area (Å²) < 4.78 is 25.8. The van der Waals surface area contributed by atoms with E-state index in [9.17, 15) is 8.42 Å². The van der Waals surface area contributed by atoms with Crippen molar-refractivity contribution in [3.05, 3.63) is 21.9 Å². The summed E-state index contributed by atoms with van der Waals surface area (Å²) in [7, 11) is -4.03. The summed E-state index contributed by atoms with van der Waals surface area (Å²) in [5, 5.41) is 4.76. The first-order valence-electron chi connectivity index (χ1n) is 2.92. The minimum atomic E-state index is -4.03. The van der Waals surface area contributed by atoms with Crippen molar-refractivity contribution in [2.24, 2.45) is 5.14 Å². The second-order valence-electron chi connectivity index (χ2n) is 2.01. The molecule has 1 aromatic heterocycles. The van der Waals surface area contributed by atoms with E-state index in [4.69, 9.17) is 11.6 Å². The zero-order valence-corrected chi connectivity index (χ0v) is 9.23. The molecule has 0 aliphatic carbocycles. The average Bonchev–Trinajstić information content (AvgIpc) is 1.94. The van der Waals surface area contributed by atoms with Gasteiger partial charge in [0.2, 0.25) is 0 Å². The molecule has 0 amide bonds. The van der Waals surface area contributed by atoms with Crippen molar-refractivity contribution in [3.8, 4) is 5.75 Å². The molecule has 0 aromatic carbocycles. The topological polar surface area (TPSA) is 82.3 Å². The highest BCUT2D eigenvalue weighted by Gasteiger charge is 2.09. The van der Waals surface area contributed by atoms with Crippen LogP contribution >= 0.6 is 27.5 Å². The van der Waals surface area contributed by atoms with Crippen molar-refractivity contribution >= 4 is 37.8 Å². The second kappa shape index (κ2) is 3.79. The minimum Gasteiger partial charge on any atom is -0.370 e. The van der Waals surface area contributed by atoms with E-state index in [1.165, 1.54) is 12.3 Å². The number of hydrogen-bond acceptors (Lipinski definition) is 4. The van der Waals surface area contributed by atoms with Crippen LogP contribution in [0.5, 0.6) is 5.75 Å². The molecule has 0 fully saturated rings. The Morgan fingerprint density at radius 3 is 2.77 bits per heavy atom. The first kappa shape index (κ1) is 10.7. The molecular weight excluding hydrogens is 283 g/mol. The molecule has 0 saturated carbocycles. The van der Waals surface area contributed by atoms with Gasteiger partial charge < -0.3 is 4.18 Å². The van der Waals surface area contributed by atoms with Crippen molar-refractivity contribution < 1.29 is 12.6 Å². The maximum Gasteiger partial charge on any atom is 0.380 e. The van der Waals surface area contributed by atoms with Crippen LogP contribution in [0.2, 0.25) is 5.15 Å². The molecule has 1 heterocycles. The summed E-state index contributed by atoms with van der Waals surface area (Å²) in [6, 6.07) is 1.23. The average molecular weight is 288 g/mol. The highest BCUT2D eigenvalue weighted by atomic mass is 79.9. The molecular formula is C5H4BrClN2O3S. The standard InChI is InChI=1S/C5H4BrClN2O3S/c6-3-2-9-5(7)1-4(3)12-13(8,10)11/h1-2H,(H2,8,10,11). The van der Waals surface area contributed by atoms with Crippen molar-refractivity contribution in [2.75, 3.05) is 0 Å². The third-order valence-electron chi connectivity index (χ3n) is 0.993.